The zero-order valence-electron chi connectivity index (χ0n) is 9.80. The molecule has 0 aliphatic rings. The molecule has 0 fully saturated rings. The smallest absolute Gasteiger partial charge is 0.313 e. The molecule has 2 aromatic rings. The molecule has 0 bridgehead atoms. The first-order valence-corrected chi connectivity index (χ1v) is 6.19. The summed E-state index contributed by atoms with van der Waals surface area (Å²) in [4.78, 5) is 10.5. The molecular weight excluding hydrogens is 276 g/mol. The van der Waals surface area contributed by atoms with Gasteiger partial charge in [0, 0.05) is 6.07 Å². The zero-order valence-corrected chi connectivity index (χ0v) is 10.6. The predicted octanol–water partition coefficient (Wildman–Crippen LogP) is 2.03. The number of nitrogens with zero attached hydrogens (tertiary/aromatic N) is 3. The number of rotatable bonds is 4. The van der Waals surface area contributed by atoms with Crippen LogP contribution < -0.4 is 0 Å². The minimum absolute atomic E-state index is 0.0804. The van der Waals surface area contributed by atoms with Gasteiger partial charge in [-0.1, -0.05) is 11.8 Å². The lowest BCUT2D eigenvalue weighted by Crippen LogP contribution is -2.05. The topological polar surface area (TPSA) is 68.0 Å². The van der Waals surface area contributed by atoms with Crippen molar-refractivity contribution in [1.82, 2.24) is 14.8 Å². The number of carboxylic acid groups (broad SMARTS) is 1. The van der Waals surface area contributed by atoms with Crippen LogP contribution in [0.5, 0.6) is 0 Å². The average Bonchev–Trinajstić information content (AvgIpc) is 2.68. The molecule has 0 radical (unpaired) electrons. The zero-order chi connectivity index (χ0) is 14.0. The van der Waals surface area contributed by atoms with Crippen LogP contribution >= 0.6 is 11.8 Å². The highest BCUT2D eigenvalue weighted by Gasteiger charge is 2.16. The number of carboxylic acids is 1. The molecule has 1 heterocycles. The fraction of sp³-hybridized carbons (Fsp3) is 0.182. The van der Waals surface area contributed by atoms with Gasteiger partial charge in [0.25, 0.3) is 0 Å². The Hall–Kier alpha value is -1.96. The van der Waals surface area contributed by atoms with Crippen LogP contribution in [0.4, 0.5) is 8.78 Å². The molecule has 2 rings (SSSR count). The molecule has 0 unspecified atom stereocenters. The molecule has 0 atom stereocenters. The Morgan fingerprint density at radius 3 is 2.79 bits per heavy atom. The molecule has 5 nitrogen and oxygen atoms in total. The summed E-state index contributed by atoms with van der Waals surface area (Å²) >= 11 is 0.913. The Balaban J connectivity index is 2.43. The van der Waals surface area contributed by atoms with Crippen molar-refractivity contribution in [2.24, 2.45) is 0 Å². The SMILES string of the molecule is Cc1nnc(SCC(=O)O)n1-c1ccc(F)cc1F. The number of hydrogen-bond donors (Lipinski definition) is 1. The molecule has 19 heavy (non-hydrogen) atoms. The lowest BCUT2D eigenvalue weighted by atomic mass is 10.3. The van der Waals surface area contributed by atoms with E-state index in [0.29, 0.717) is 5.82 Å². The van der Waals surface area contributed by atoms with Gasteiger partial charge in [-0.15, -0.1) is 10.2 Å². The van der Waals surface area contributed by atoms with Crippen LogP contribution in [0.15, 0.2) is 23.4 Å². The Morgan fingerprint density at radius 2 is 2.16 bits per heavy atom. The molecule has 0 spiro atoms. The first-order valence-electron chi connectivity index (χ1n) is 5.21. The summed E-state index contributed by atoms with van der Waals surface area (Å²) in [5.74, 6) is -2.30. The number of halogens is 2. The minimum atomic E-state index is -1.02. The van der Waals surface area contributed by atoms with E-state index in [9.17, 15) is 13.6 Å². The van der Waals surface area contributed by atoms with E-state index in [1.54, 1.807) is 6.92 Å². The monoisotopic (exact) mass is 285 g/mol. The third kappa shape index (κ3) is 2.90. The van der Waals surface area contributed by atoms with Crippen LogP contribution in [-0.4, -0.2) is 31.6 Å². The maximum Gasteiger partial charge on any atom is 0.313 e. The van der Waals surface area contributed by atoms with E-state index in [1.165, 1.54) is 10.6 Å². The molecule has 0 amide bonds. The number of aromatic nitrogens is 3. The maximum atomic E-state index is 13.7. The van der Waals surface area contributed by atoms with Gasteiger partial charge in [0.2, 0.25) is 0 Å². The molecule has 100 valence electrons. The fourth-order valence-electron chi connectivity index (χ4n) is 1.50. The van der Waals surface area contributed by atoms with E-state index < -0.39 is 17.6 Å². The number of hydrogen-bond acceptors (Lipinski definition) is 4. The van der Waals surface area contributed by atoms with Gasteiger partial charge >= 0.3 is 5.97 Å². The van der Waals surface area contributed by atoms with Crippen LogP contribution in [0.3, 0.4) is 0 Å². The van der Waals surface area contributed by atoms with Crippen LogP contribution in [0.1, 0.15) is 5.82 Å². The van der Waals surface area contributed by atoms with E-state index in [0.717, 1.165) is 23.9 Å². The van der Waals surface area contributed by atoms with Gasteiger partial charge in [-0.05, 0) is 19.1 Å². The summed E-state index contributed by atoms with van der Waals surface area (Å²) in [5.41, 5.74) is 0.0804. The number of aliphatic carboxylic acids is 1. The quantitative estimate of drug-likeness (QED) is 0.871. The predicted molar refractivity (Wildman–Crippen MR) is 64.4 cm³/mol. The molecule has 1 aromatic heterocycles. The Labute approximate surface area is 111 Å². The van der Waals surface area contributed by atoms with Gasteiger partial charge < -0.3 is 5.11 Å². The highest BCUT2D eigenvalue weighted by molar-refractivity contribution is 7.99. The third-order valence-corrected chi connectivity index (χ3v) is 3.18. The number of aryl methyl sites for hydroxylation is 1. The van der Waals surface area contributed by atoms with Crippen molar-refractivity contribution in [3.8, 4) is 5.69 Å². The van der Waals surface area contributed by atoms with Crippen molar-refractivity contribution < 1.29 is 18.7 Å². The molecule has 0 saturated heterocycles. The van der Waals surface area contributed by atoms with Gasteiger partial charge in [0.1, 0.15) is 17.5 Å². The van der Waals surface area contributed by atoms with Gasteiger partial charge in [0.15, 0.2) is 5.16 Å². The second-order valence-electron chi connectivity index (χ2n) is 3.64. The first kappa shape index (κ1) is 13.5. The maximum absolute atomic E-state index is 13.7. The second-order valence-corrected chi connectivity index (χ2v) is 4.59. The third-order valence-electron chi connectivity index (χ3n) is 2.27. The van der Waals surface area contributed by atoms with Crippen LogP contribution in [-0.2, 0) is 4.79 Å². The molecule has 0 saturated carbocycles. The number of thioether (sulfide) groups is 1. The molecule has 1 N–H and O–H groups in total. The van der Waals surface area contributed by atoms with Crippen molar-refractivity contribution in [3.05, 3.63) is 35.7 Å². The van der Waals surface area contributed by atoms with E-state index in [2.05, 4.69) is 10.2 Å². The summed E-state index contributed by atoms with van der Waals surface area (Å²) in [6, 6.07) is 3.12. The number of benzene rings is 1. The van der Waals surface area contributed by atoms with Crippen molar-refractivity contribution in [2.45, 2.75) is 12.1 Å². The molecule has 1 aromatic carbocycles. The van der Waals surface area contributed by atoms with Gasteiger partial charge in [-0.3, -0.25) is 9.36 Å². The molecular formula is C11H9F2N3O2S. The lowest BCUT2D eigenvalue weighted by Gasteiger charge is -2.08. The first-order chi connectivity index (χ1) is 8.99. The minimum Gasteiger partial charge on any atom is -0.481 e. The highest BCUT2D eigenvalue weighted by Crippen LogP contribution is 2.23. The molecule has 0 aliphatic carbocycles. The summed E-state index contributed by atoms with van der Waals surface area (Å²) in [6.45, 7) is 1.60. The van der Waals surface area contributed by atoms with Gasteiger partial charge in [0.05, 0.1) is 11.4 Å². The Morgan fingerprint density at radius 1 is 1.42 bits per heavy atom. The van der Waals surface area contributed by atoms with Crippen LogP contribution in [0.2, 0.25) is 0 Å². The lowest BCUT2D eigenvalue weighted by molar-refractivity contribution is -0.133. The molecule has 8 heteroatoms. The van der Waals surface area contributed by atoms with Crippen molar-refractivity contribution >= 4 is 17.7 Å². The molecule has 0 aliphatic heterocycles. The van der Waals surface area contributed by atoms with Crippen molar-refractivity contribution in [3.63, 3.8) is 0 Å². The largest absolute Gasteiger partial charge is 0.481 e. The van der Waals surface area contributed by atoms with E-state index in [1.807, 2.05) is 0 Å². The summed E-state index contributed by atoms with van der Waals surface area (Å²) < 4.78 is 28.0. The van der Waals surface area contributed by atoms with E-state index >= 15 is 0 Å². The highest BCUT2D eigenvalue weighted by atomic mass is 32.2. The van der Waals surface area contributed by atoms with Gasteiger partial charge in [-0.25, -0.2) is 8.78 Å². The summed E-state index contributed by atoms with van der Waals surface area (Å²) in [7, 11) is 0. The van der Waals surface area contributed by atoms with Crippen LogP contribution in [0, 0.1) is 18.6 Å². The van der Waals surface area contributed by atoms with Crippen LogP contribution in [0.25, 0.3) is 5.69 Å². The normalized spacial score (nSPS) is 10.7. The number of carbonyl (C=O) groups is 1. The Bertz CT molecular complexity index is 630. The van der Waals surface area contributed by atoms with Gasteiger partial charge in [-0.2, -0.15) is 0 Å². The van der Waals surface area contributed by atoms with E-state index in [4.69, 9.17) is 5.11 Å². The fourth-order valence-corrected chi connectivity index (χ4v) is 2.21. The standard InChI is InChI=1S/C11H9F2N3O2S/c1-6-14-15-11(19-5-10(17)18)16(6)9-3-2-7(12)4-8(9)13/h2-4H,5H2,1H3,(H,17,18). The van der Waals surface area contributed by atoms with Crippen molar-refractivity contribution in [2.75, 3.05) is 5.75 Å². The Kier molecular flexibility index (Phi) is 3.79. The van der Waals surface area contributed by atoms with E-state index in [-0.39, 0.29) is 16.6 Å². The summed E-state index contributed by atoms with van der Waals surface area (Å²) in [6.07, 6.45) is 0. The van der Waals surface area contributed by atoms with Crippen molar-refractivity contribution in [1.29, 1.82) is 0 Å². The second kappa shape index (κ2) is 5.35. The average molecular weight is 285 g/mol. The summed E-state index contributed by atoms with van der Waals surface area (Å²) in [5, 5.41) is 16.4.